The minimum atomic E-state index is -1.02. The van der Waals surface area contributed by atoms with Gasteiger partial charge in [0.2, 0.25) is 0 Å². The molecule has 0 bridgehead atoms. The summed E-state index contributed by atoms with van der Waals surface area (Å²) in [6.45, 7) is 0.141. The number of carboxylic acid groups (broad SMARTS) is 1. The number of nitrogens with one attached hydrogen (secondary N) is 1. The SMILES string of the molecule is COC(=O)CNC(=O)N1CCCC1C(=O)O. The number of nitrogens with zero attached hydrogens (tertiary/aromatic N) is 1. The standard InChI is InChI=1S/C9H14N2O5/c1-16-7(12)5-10-9(15)11-4-2-3-6(11)8(13)14/h6H,2-5H2,1H3,(H,10,15)(H,13,14). The van der Waals surface area contributed by atoms with Gasteiger partial charge in [-0.2, -0.15) is 0 Å². The van der Waals surface area contributed by atoms with Gasteiger partial charge in [0.1, 0.15) is 12.6 Å². The summed E-state index contributed by atoms with van der Waals surface area (Å²) in [5, 5.41) is 11.2. The van der Waals surface area contributed by atoms with Crippen LogP contribution in [0.1, 0.15) is 12.8 Å². The van der Waals surface area contributed by atoms with Crippen molar-refractivity contribution in [2.45, 2.75) is 18.9 Å². The van der Waals surface area contributed by atoms with Crippen molar-refractivity contribution in [3.8, 4) is 0 Å². The Bertz CT molecular complexity index is 304. The zero-order chi connectivity index (χ0) is 12.1. The lowest BCUT2D eigenvalue weighted by Gasteiger charge is -2.21. The number of amides is 2. The maximum Gasteiger partial charge on any atom is 0.326 e. The highest BCUT2D eigenvalue weighted by molar-refractivity contribution is 5.85. The Morgan fingerprint density at radius 2 is 2.19 bits per heavy atom. The normalized spacial score (nSPS) is 19.3. The molecule has 1 atom stereocenters. The van der Waals surface area contributed by atoms with Crippen LogP contribution in [0.3, 0.4) is 0 Å². The fraction of sp³-hybridized carbons (Fsp3) is 0.667. The number of carbonyl (C=O) groups is 3. The summed E-state index contributed by atoms with van der Waals surface area (Å²) in [6.07, 6.45) is 1.10. The molecular weight excluding hydrogens is 216 g/mol. The van der Waals surface area contributed by atoms with E-state index < -0.39 is 24.0 Å². The van der Waals surface area contributed by atoms with Crippen molar-refractivity contribution in [1.29, 1.82) is 0 Å². The molecule has 1 unspecified atom stereocenters. The van der Waals surface area contributed by atoms with Crippen molar-refractivity contribution in [2.75, 3.05) is 20.2 Å². The highest BCUT2D eigenvalue weighted by Gasteiger charge is 2.33. The average molecular weight is 230 g/mol. The lowest BCUT2D eigenvalue weighted by Crippen LogP contribution is -2.47. The third kappa shape index (κ3) is 2.85. The molecule has 90 valence electrons. The van der Waals surface area contributed by atoms with Crippen LogP contribution in [-0.4, -0.2) is 54.2 Å². The molecule has 0 spiro atoms. The molecule has 1 rings (SSSR count). The maximum atomic E-state index is 11.5. The lowest BCUT2D eigenvalue weighted by atomic mass is 10.2. The minimum Gasteiger partial charge on any atom is -0.480 e. The van der Waals surface area contributed by atoms with E-state index in [1.165, 1.54) is 12.0 Å². The van der Waals surface area contributed by atoms with E-state index in [2.05, 4.69) is 10.1 Å². The number of likely N-dealkylation sites (tertiary alicyclic amines) is 1. The van der Waals surface area contributed by atoms with Crippen molar-refractivity contribution in [3.63, 3.8) is 0 Å². The molecule has 7 nitrogen and oxygen atoms in total. The van der Waals surface area contributed by atoms with Crippen molar-refractivity contribution < 1.29 is 24.2 Å². The Morgan fingerprint density at radius 1 is 1.50 bits per heavy atom. The van der Waals surface area contributed by atoms with Gasteiger partial charge in [0.05, 0.1) is 7.11 Å². The van der Waals surface area contributed by atoms with Gasteiger partial charge in [0.15, 0.2) is 0 Å². The Morgan fingerprint density at radius 3 is 2.75 bits per heavy atom. The minimum absolute atomic E-state index is 0.252. The molecule has 0 aliphatic carbocycles. The van der Waals surface area contributed by atoms with Crippen LogP contribution in [0.4, 0.5) is 4.79 Å². The number of carboxylic acids is 1. The summed E-state index contributed by atoms with van der Waals surface area (Å²) < 4.78 is 4.35. The Hall–Kier alpha value is -1.79. The predicted molar refractivity (Wildman–Crippen MR) is 52.8 cm³/mol. The van der Waals surface area contributed by atoms with E-state index in [4.69, 9.17) is 5.11 Å². The van der Waals surface area contributed by atoms with Crippen LogP contribution in [0, 0.1) is 0 Å². The predicted octanol–water partition coefficient (Wildman–Crippen LogP) is -0.582. The van der Waals surface area contributed by atoms with Gasteiger partial charge in [-0.15, -0.1) is 0 Å². The zero-order valence-electron chi connectivity index (χ0n) is 8.93. The number of aliphatic carboxylic acids is 1. The molecule has 1 heterocycles. The number of esters is 1. The highest BCUT2D eigenvalue weighted by Crippen LogP contribution is 2.16. The first-order valence-corrected chi connectivity index (χ1v) is 4.90. The highest BCUT2D eigenvalue weighted by atomic mass is 16.5. The topological polar surface area (TPSA) is 95.9 Å². The molecule has 16 heavy (non-hydrogen) atoms. The number of ether oxygens (including phenoxy) is 1. The van der Waals surface area contributed by atoms with Gasteiger partial charge in [-0.1, -0.05) is 0 Å². The zero-order valence-corrected chi connectivity index (χ0v) is 8.93. The second kappa shape index (κ2) is 5.34. The van der Waals surface area contributed by atoms with Crippen LogP contribution >= 0.6 is 0 Å². The summed E-state index contributed by atoms with van der Waals surface area (Å²) in [5.41, 5.74) is 0. The van der Waals surface area contributed by atoms with E-state index in [9.17, 15) is 14.4 Å². The van der Waals surface area contributed by atoms with Gasteiger partial charge < -0.3 is 20.1 Å². The van der Waals surface area contributed by atoms with E-state index >= 15 is 0 Å². The van der Waals surface area contributed by atoms with Gasteiger partial charge >= 0.3 is 18.0 Å². The summed E-state index contributed by atoms with van der Waals surface area (Å²) in [4.78, 5) is 34.3. The van der Waals surface area contributed by atoms with E-state index in [0.717, 1.165) is 0 Å². The molecule has 0 aromatic heterocycles. The number of urea groups is 1. The number of carbonyl (C=O) groups excluding carboxylic acids is 2. The largest absolute Gasteiger partial charge is 0.480 e. The number of hydrogen-bond acceptors (Lipinski definition) is 4. The Labute approximate surface area is 92.4 Å². The molecule has 0 radical (unpaired) electrons. The van der Waals surface area contributed by atoms with Crippen LogP contribution in [-0.2, 0) is 14.3 Å². The van der Waals surface area contributed by atoms with Crippen LogP contribution < -0.4 is 5.32 Å². The molecule has 1 aliphatic heterocycles. The third-order valence-corrected chi connectivity index (χ3v) is 2.41. The fourth-order valence-electron chi connectivity index (χ4n) is 1.59. The van der Waals surface area contributed by atoms with Crippen molar-refractivity contribution in [3.05, 3.63) is 0 Å². The second-order valence-corrected chi connectivity index (χ2v) is 3.42. The third-order valence-electron chi connectivity index (χ3n) is 2.41. The van der Waals surface area contributed by atoms with Gasteiger partial charge in [0, 0.05) is 6.54 Å². The molecule has 1 saturated heterocycles. The molecule has 0 aromatic rings. The molecule has 2 amide bonds. The molecule has 0 aromatic carbocycles. The van der Waals surface area contributed by atoms with E-state index in [1.54, 1.807) is 0 Å². The monoisotopic (exact) mass is 230 g/mol. The van der Waals surface area contributed by atoms with E-state index in [1.807, 2.05) is 0 Å². The van der Waals surface area contributed by atoms with Crippen molar-refractivity contribution in [1.82, 2.24) is 10.2 Å². The van der Waals surface area contributed by atoms with Gasteiger partial charge in [0.25, 0.3) is 0 Å². The van der Waals surface area contributed by atoms with Gasteiger partial charge in [-0.3, -0.25) is 4.79 Å². The first kappa shape index (κ1) is 12.3. The second-order valence-electron chi connectivity index (χ2n) is 3.42. The fourth-order valence-corrected chi connectivity index (χ4v) is 1.59. The maximum absolute atomic E-state index is 11.5. The van der Waals surface area contributed by atoms with Crippen LogP contribution in [0.5, 0.6) is 0 Å². The quantitative estimate of drug-likeness (QED) is 0.632. The molecule has 2 N–H and O–H groups in total. The summed E-state index contributed by atoms with van der Waals surface area (Å²) in [7, 11) is 1.21. The summed E-state index contributed by atoms with van der Waals surface area (Å²) in [5.74, 6) is -1.59. The Balaban J connectivity index is 2.47. The number of rotatable bonds is 3. The summed E-state index contributed by atoms with van der Waals surface area (Å²) in [6, 6.07) is -1.34. The summed E-state index contributed by atoms with van der Waals surface area (Å²) >= 11 is 0. The molecule has 1 aliphatic rings. The van der Waals surface area contributed by atoms with Crippen molar-refractivity contribution >= 4 is 18.0 Å². The molecule has 0 saturated carbocycles. The number of hydrogen-bond donors (Lipinski definition) is 2. The van der Waals surface area contributed by atoms with Crippen molar-refractivity contribution in [2.24, 2.45) is 0 Å². The molecule has 7 heteroatoms. The number of methoxy groups -OCH3 is 1. The molecule has 1 fully saturated rings. The Kier molecular flexibility index (Phi) is 4.10. The smallest absolute Gasteiger partial charge is 0.326 e. The van der Waals surface area contributed by atoms with E-state index in [-0.39, 0.29) is 6.54 Å². The first-order valence-electron chi connectivity index (χ1n) is 4.90. The van der Waals surface area contributed by atoms with Gasteiger partial charge in [-0.05, 0) is 12.8 Å². The van der Waals surface area contributed by atoms with Crippen LogP contribution in [0.15, 0.2) is 0 Å². The van der Waals surface area contributed by atoms with E-state index in [0.29, 0.717) is 19.4 Å². The van der Waals surface area contributed by atoms with Gasteiger partial charge in [-0.25, -0.2) is 9.59 Å². The molecular formula is C9H14N2O5. The van der Waals surface area contributed by atoms with Crippen LogP contribution in [0.25, 0.3) is 0 Å². The first-order chi connectivity index (χ1) is 7.56. The van der Waals surface area contributed by atoms with Crippen LogP contribution in [0.2, 0.25) is 0 Å². The average Bonchev–Trinajstić information content (AvgIpc) is 2.74. The lowest BCUT2D eigenvalue weighted by molar-refractivity contribution is -0.141.